The van der Waals surface area contributed by atoms with Gasteiger partial charge >= 0.3 is 5.97 Å². The van der Waals surface area contributed by atoms with Gasteiger partial charge in [-0.2, -0.15) is 0 Å². The molecule has 1 aromatic rings. The lowest BCUT2D eigenvalue weighted by atomic mass is 9.96. The third-order valence-electron chi connectivity index (χ3n) is 3.29. The molecule has 19 heavy (non-hydrogen) atoms. The van der Waals surface area contributed by atoms with Gasteiger partial charge in [-0.05, 0) is 31.0 Å². The van der Waals surface area contributed by atoms with Crippen LogP contribution in [0.1, 0.15) is 23.2 Å². The summed E-state index contributed by atoms with van der Waals surface area (Å²) in [5.41, 5.74) is -0.311. The lowest BCUT2D eigenvalue weighted by Crippen LogP contribution is -2.40. The zero-order chi connectivity index (χ0) is 14.0. The number of rotatable bonds is 2. The topological polar surface area (TPSA) is 57.6 Å². The van der Waals surface area contributed by atoms with E-state index in [2.05, 4.69) is 0 Å². The van der Waals surface area contributed by atoms with Gasteiger partial charge in [0.1, 0.15) is 11.6 Å². The van der Waals surface area contributed by atoms with Gasteiger partial charge in [-0.3, -0.25) is 9.59 Å². The minimum absolute atomic E-state index is 0.242. The van der Waals surface area contributed by atoms with Crippen LogP contribution in [0.2, 0.25) is 0 Å². The van der Waals surface area contributed by atoms with Crippen LogP contribution in [0.15, 0.2) is 18.2 Å². The highest BCUT2D eigenvalue weighted by Crippen LogP contribution is 2.20. The van der Waals surface area contributed by atoms with Gasteiger partial charge in [0.2, 0.25) is 0 Å². The van der Waals surface area contributed by atoms with Crippen LogP contribution >= 0.6 is 0 Å². The van der Waals surface area contributed by atoms with E-state index in [4.69, 9.17) is 5.11 Å². The highest BCUT2D eigenvalue weighted by Gasteiger charge is 2.28. The minimum atomic E-state index is -0.885. The smallest absolute Gasteiger partial charge is 0.306 e. The van der Waals surface area contributed by atoms with Crippen molar-refractivity contribution >= 4 is 11.9 Å². The van der Waals surface area contributed by atoms with E-state index in [9.17, 15) is 18.4 Å². The second kappa shape index (κ2) is 5.34. The highest BCUT2D eigenvalue weighted by molar-refractivity contribution is 5.94. The Hall–Kier alpha value is -1.98. The predicted octanol–water partition coefficient (Wildman–Crippen LogP) is 1.90. The molecule has 0 atom stereocenters. The molecule has 0 aromatic heterocycles. The number of hydrogen-bond acceptors (Lipinski definition) is 2. The van der Waals surface area contributed by atoms with Crippen LogP contribution in [0.4, 0.5) is 8.78 Å². The van der Waals surface area contributed by atoms with Crippen LogP contribution in [0.3, 0.4) is 0 Å². The summed E-state index contributed by atoms with van der Waals surface area (Å²) in [5.74, 6) is -3.40. The Bertz CT molecular complexity index is 511. The average molecular weight is 269 g/mol. The number of carboxylic acids is 1. The van der Waals surface area contributed by atoms with Gasteiger partial charge in [-0.15, -0.1) is 0 Å². The summed E-state index contributed by atoms with van der Waals surface area (Å²) >= 11 is 0. The Balaban J connectivity index is 2.09. The zero-order valence-electron chi connectivity index (χ0n) is 10.1. The number of carboxylic acid groups (broad SMARTS) is 1. The second-order valence-corrected chi connectivity index (χ2v) is 4.53. The molecule has 1 fully saturated rings. The van der Waals surface area contributed by atoms with Gasteiger partial charge < -0.3 is 10.0 Å². The molecule has 0 aliphatic carbocycles. The van der Waals surface area contributed by atoms with Crippen molar-refractivity contribution < 1.29 is 23.5 Å². The number of nitrogens with zero attached hydrogens (tertiary/aromatic N) is 1. The van der Waals surface area contributed by atoms with Crippen molar-refractivity contribution in [3.63, 3.8) is 0 Å². The van der Waals surface area contributed by atoms with Crippen molar-refractivity contribution in [2.75, 3.05) is 13.1 Å². The summed E-state index contributed by atoms with van der Waals surface area (Å²) in [6, 6.07) is 2.72. The first-order valence-corrected chi connectivity index (χ1v) is 5.96. The van der Waals surface area contributed by atoms with E-state index >= 15 is 0 Å². The normalized spacial score (nSPS) is 16.4. The number of halogens is 2. The lowest BCUT2D eigenvalue weighted by molar-refractivity contribution is -0.143. The zero-order valence-corrected chi connectivity index (χ0v) is 10.1. The third kappa shape index (κ3) is 2.89. The summed E-state index contributed by atoms with van der Waals surface area (Å²) in [6.45, 7) is 0.484. The Morgan fingerprint density at radius 2 is 1.84 bits per heavy atom. The number of hydrogen-bond donors (Lipinski definition) is 1. The first kappa shape index (κ1) is 13.5. The Morgan fingerprint density at radius 3 is 2.42 bits per heavy atom. The van der Waals surface area contributed by atoms with E-state index in [0.29, 0.717) is 12.8 Å². The number of likely N-dealkylation sites (tertiary alicyclic amines) is 1. The Kier molecular flexibility index (Phi) is 3.78. The molecule has 4 nitrogen and oxygen atoms in total. The molecule has 0 radical (unpaired) electrons. The van der Waals surface area contributed by atoms with Gasteiger partial charge in [0, 0.05) is 13.1 Å². The van der Waals surface area contributed by atoms with Crippen molar-refractivity contribution in [2.24, 2.45) is 5.92 Å². The summed E-state index contributed by atoms with van der Waals surface area (Å²) in [4.78, 5) is 24.2. The number of amides is 1. The SMILES string of the molecule is O=C(O)C1CCN(C(=O)c2cc(F)ccc2F)CC1. The quantitative estimate of drug-likeness (QED) is 0.892. The first-order chi connectivity index (χ1) is 8.99. The molecule has 1 aliphatic rings. The third-order valence-corrected chi connectivity index (χ3v) is 3.29. The summed E-state index contributed by atoms with van der Waals surface area (Å²) < 4.78 is 26.5. The molecule has 0 saturated carbocycles. The summed E-state index contributed by atoms with van der Waals surface area (Å²) in [6.07, 6.45) is 0.663. The molecule has 1 heterocycles. The standard InChI is InChI=1S/C13H13F2NO3/c14-9-1-2-11(15)10(7-9)12(17)16-5-3-8(4-6-16)13(18)19/h1-2,7-8H,3-6H2,(H,18,19). The second-order valence-electron chi connectivity index (χ2n) is 4.53. The van der Waals surface area contributed by atoms with Crippen LogP contribution in [-0.4, -0.2) is 35.0 Å². The fourth-order valence-corrected chi connectivity index (χ4v) is 2.16. The highest BCUT2D eigenvalue weighted by atomic mass is 19.1. The lowest BCUT2D eigenvalue weighted by Gasteiger charge is -2.30. The van der Waals surface area contributed by atoms with Crippen LogP contribution in [0.5, 0.6) is 0 Å². The molecule has 1 N–H and O–H groups in total. The molecule has 1 saturated heterocycles. The monoisotopic (exact) mass is 269 g/mol. The maximum Gasteiger partial charge on any atom is 0.306 e. The van der Waals surface area contributed by atoms with E-state index in [-0.39, 0.29) is 18.7 Å². The molecular formula is C13H13F2NO3. The fourth-order valence-electron chi connectivity index (χ4n) is 2.16. The molecule has 1 amide bonds. The van der Waals surface area contributed by atoms with Gasteiger partial charge in [0.05, 0.1) is 11.5 Å². The molecule has 102 valence electrons. The van der Waals surface area contributed by atoms with Crippen molar-refractivity contribution in [2.45, 2.75) is 12.8 Å². The van der Waals surface area contributed by atoms with Gasteiger partial charge in [0.15, 0.2) is 0 Å². The molecule has 0 bridgehead atoms. The number of carbonyl (C=O) groups is 2. The van der Waals surface area contributed by atoms with E-state index in [1.807, 2.05) is 0 Å². The van der Waals surface area contributed by atoms with Crippen molar-refractivity contribution in [1.29, 1.82) is 0 Å². The van der Waals surface area contributed by atoms with Crippen LogP contribution in [-0.2, 0) is 4.79 Å². The molecular weight excluding hydrogens is 256 g/mol. The molecule has 0 unspecified atom stereocenters. The van der Waals surface area contributed by atoms with Gasteiger partial charge in [-0.1, -0.05) is 0 Å². The van der Waals surface area contributed by atoms with Crippen molar-refractivity contribution in [3.8, 4) is 0 Å². The van der Waals surface area contributed by atoms with E-state index < -0.39 is 29.4 Å². The Labute approximate surface area is 108 Å². The predicted molar refractivity (Wildman–Crippen MR) is 62.6 cm³/mol. The molecule has 2 rings (SSSR count). The van der Waals surface area contributed by atoms with E-state index in [1.54, 1.807) is 0 Å². The van der Waals surface area contributed by atoms with Crippen LogP contribution in [0, 0.1) is 17.6 Å². The Morgan fingerprint density at radius 1 is 1.21 bits per heavy atom. The van der Waals surface area contributed by atoms with Crippen molar-refractivity contribution in [1.82, 2.24) is 4.90 Å². The number of benzene rings is 1. The molecule has 1 aliphatic heterocycles. The summed E-state index contributed by atoms with van der Waals surface area (Å²) in [7, 11) is 0. The first-order valence-electron chi connectivity index (χ1n) is 5.96. The van der Waals surface area contributed by atoms with Gasteiger partial charge in [0.25, 0.3) is 5.91 Å². The minimum Gasteiger partial charge on any atom is -0.481 e. The van der Waals surface area contributed by atoms with Crippen molar-refractivity contribution in [3.05, 3.63) is 35.4 Å². The van der Waals surface area contributed by atoms with E-state index in [1.165, 1.54) is 4.90 Å². The fraction of sp³-hybridized carbons (Fsp3) is 0.385. The average Bonchev–Trinajstić information content (AvgIpc) is 2.41. The number of carbonyl (C=O) groups excluding carboxylic acids is 1. The molecule has 1 aromatic carbocycles. The number of aliphatic carboxylic acids is 1. The largest absolute Gasteiger partial charge is 0.481 e. The van der Waals surface area contributed by atoms with Crippen LogP contribution < -0.4 is 0 Å². The van der Waals surface area contributed by atoms with Crippen LogP contribution in [0.25, 0.3) is 0 Å². The molecule has 6 heteroatoms. The maximum absolute atomic E-state index is 13.5. The van der Waals surface area contributed by atoms with E-state index in [0.717, 1.165) is 18.2 Å². The van der Waals surface area contributed by atoms with Gasteiger partial charge in [-0.25, -0.2) is 8.78 Å². The molecule has 0 spiro atoms. The summed E-state index contributed by atoms with van der Waals surface area (Å²) in [5, 5.41) is 8.85. The number of piperidine rings is 1. The maximum atomic E-state index is 13.5.